The maximum Gasteiger partial charge on any atom is 0.309 e. The van der Waals surface area contributed by atoms with Crippen LogP contribution in [0.1, 0.15) is 228 Å². The highest BCUT2D eigenvalue weighted by Crippen LogP contribution is 2.43. The molecule has 2 unspecified atom stereocenters. The molecule has 0 aliphatic heterocycles. The van der Waals surface area contributed by atoms with Crippen molar-refractivity contribution in [1.82, 2.24) is 0 Å². The van der Waals surface area contributed by atoms with Gasteiger partial charge in [0.1, 0.15) is 0 Å². The van der Waals surface area contributed by atoms with Gasteiger partial charge < -0.3 is 19.7 Å². The Morgan fingerprint density at radius 2 is 0.865 bits per heavy atom. The van der Waals surface area contributed by atoms with E-state index in [1.54, 1.807) is 0 Å². The zero-order chi connectivity index (χ0) is 39.3. The smallest absolute Gasteiger partial charge is 0.309 e. The molecule has 308 valence electrons. The molecule has 8 heteroatoms. The van der Waals surface area contributed by atoms with Crippen molar-refractivity contribution in [2.45, 2.75) is 228 Å². The largest absolute Gasteiger partial charge is 0.481 e. The monoisotopic (exact) mass is 741 g/mol. The quantitative estimate of drug-likeness (QED) is 0.0480. The summed E-state index contributed by atoms with van der Waals surface area (Å²) in [5.41, 5.74) is -0.766. The van der Waals surface area contributed by atoms with E-state index >= 15 is 0 Å². The van der Waals surface area contributed by atoms with Gasteiger partial charge in [0, 0.05) is 19.3 Å². The Hall–Kier alpha value is -2.12. The van der Waals surface area contributed by atoms with E-state index in [1.165, 1.54) is 51.4 Å². The number of rotatable bonds is 36. The van der Waals surface area contributed by atoms with Crippen molar-refractivity contribution < 1.29 is 38.9 Å². The zero-order valence-corrected chi connectivity index (χ0v) is 34.9. The number of unbranched alkanes of at least 4 members (excludes halogenated alkanes) is 13. The molecule has 0 heterocycles. The first-order valence-corrected chi connectivity index (χ1v) is 21.8. The number of esters is 2. The molecule has 0 aromatic rings. The van der Waals surface area contributed by atoms with Gasteiger partial charge in [-0.2, -0.15) is 0 Å². The summed E-state index contributed by atoms with van der Waals surface area (Å²) >= 11 is 0. The van der Waals surface area contributed by atoms with Gasteiger partial charge in [0.05, 0.1) is 18.6 Å². The summed E-state index contributed by atoms with van der Waals surface area (Å²) in [7, 11) is 0. The normalized spacial score (nSPS) is 13.3. The Bertz CT molecular complexity index is 807. The van der Waals surface area contributed by atoms with Gasteiger partial charge in [0.15, 0.2) is 0 Å². The predicted molar refractivity (Wildman–Crippen MR) is 215 cm³/mol. The van der Waals surface area contributed by atoms with Crippen molar-refractivity contribution >= 4 is 23.9 Å². The van der Waals surface area contributed by atoms with Crippen LogP contribution in [0.25, 0.3) is 0 Å². The Kier molecular flexibility index (Phi) is 37.2. The summed E-state index contributed by atoms with van der Waals surface area (Å²) in [4.78, 5) is 46.6. The summed E-state index contributed by atoms with van der Waals surface area (Å²) in [6.45, 7) is 14.1. The predicted octanol–water partition coefficient (Wildman–Crippen LogP) is 12.9. The van der Waals surface area contributed by atoms with Gasteiger partial charge >= 0.3 is 23.9 Å². The number of carbonyl (C=O) groups is 4. The fourth-order valence-corrected chi connectivity index (χ4v) is 6.96. The second-order valence-corrected chi connectivity index (χ2v) is 15.3. The lowest BCUT2D eigenvalue weighted by Gasteiger charge is -2.36. The second kappa shape index (κ2) is 37.2. The van der Waals surface area contributed by atoms with Crippen molar-refractivity contribution in [3.05, 3.63) is 0 Å². The molecule has 0 saturated heterocycles. The lowest BCUT2D eigenvalue weighted by Crippen LogP contribution is -2.36. The van der Waals surface area contributed by atoms with Crippen LogP contribution in [0.2, 0.25) is 0 Å². The molecule has 0 radical (unpaired) electrons. The van der Waals surface area contributed by atoms with E-state index < -0.39 is 17.4 Å². The maximum atomic E-state index is 12.4. The van der Waals surface area contributed by atoms with Gasteiger partial charge in [-0.05, 0) is 63.2 Å². The minimum absolute atomic E-state index is 0.0620. The molecule has 0 bridgehead atoms. The van der Waals surface area contributed by atoms with E-state index in [9.17, 15) is 24.3 Å². The third-order valence-corrected chi connectivity index (χ3v) is 10.5. The number of carboxylic acids is 2. The third-order valence-electron chi connectivity index (χ3n) is 10.5. The third kappa shape index (κ3) is 31.4. The van der Waals surface area contributed by atoms with E-state index in [0.717, 1.165) is 77.0 Å². The van der Waals surface area contributed by atoms with Gasteiger partial charge in [-0.25, -0.2) is 0 Å². The molecule has 0 fully saturated rings. The highest BCUT2D eigenvalue weighted by Gasteiger charge is 2.41. The number of ether oxygens (including phenoxy) is 2. The first-order chi connectivity index (χ1) is 25.0. The van der Waals surface area contributed by atoms with E-state index in [-0.39, 0.29) is 18.4 Å². The standard InChI is InChI=1S/2C22H42O4/c1-5-9-12-18(7-3)16-22(21(25)26,15-11-14-20(23)24)17-19(8-4)13-10-6-2;1-3-5-7-9-11-15-19-25-21(23)17-13-14-18-22(24)26-20-16-12-10-8-6-4-2/h18-19H,5-17H2,1-4H3,(H,23,24)(H,25,26);3-20H2,1-2H3. The first-order valence-electron chi connectivity index (χ1n) is 21.8. The fraction of sp³-hybridized carbons (Fsp3) is 0.909. The highest BCUT2D eigenvalue weighted by molar-refractivity contribution is 5.75. The van der Waals surface area contributed by atoms with Gasteiger partial charge in [0.2, 0.25) is 0 Å². The van der Waals surface area contributed by atoms with Crippen molar-refractivity contribution in [3.63, 3.8) is 0 Å². The van der Waals surface area contributed by atoms with Crippen LogP contribution in [0.4, 0.5) is 0 Å². The van der Waals surface area contributed by atoms with Gasteiger partial charge in [-0.1, -0.05) is 157 Å². The van der Waals surface area contributed by atoms with E-state index in [1.807, 2.05) is 0 Å². The Morgan fingerprint density at radius 1 is 0.481 bits per heavy atom. The molecule has 0 aromatic heterocycles. The molecule has 0 spiro atoms. The fourth-order valence-electron chi connectivity index (χ4n) is 6.96. The van der Waals surface area contributed by atoms with E-state index in [2.05, 4.69) is 41.5 Å². The topological polar surface area (TPSA) is 127 Å². The molecular formula is C44H84O8. The van der Waals surface area contributed by atoms with Crippen molar-refractivity contribution in [2.24, 2.45) is 17.3 Å². The van der Waals surface area contributed by atoms with Gasteiger partial charge in [-0.15, -0.1) is 0 Å². The summed E-state index contributed by atoms with van der Waals surface area (Å²) < 4.78 is 10.4. The molecule has 0 aliphatic carbocycles. The van der Waals surface area contributed by atoms with Crippen LogP contribution < -0.4 is 0 Å². The molecular weight excluding hydrogens is 656 g/mol. The van der Waals surface area contributed by atoms with Gasteiger partial charge in [0.25, 0.3) is 0 Å². The minimum atomic E-state index is -0.833. The van der Waals surface area contributed by atoms with Crippen LogP contribution in [-0.4, -0.2) is 47.3 Å². The van der Waals surface area contributed by atoms with E-state index in [0.29, 0.717) is 76.4 Å². The molecule has 0 aliphatic rings. The maximum absolute atomic E-state index is 12.4. The van der Waals surface area contributed by atoms with Crippen molar-refractivity contribution in [2.75, 3.05) is 13.2 Å². The Morgan fingerprint density at radius 3 is 1.21 bits per heavy atom. The van der Waals surface area contributed by atoms with Crippen LogP contribution in [-0.2, 0) is 28.7 Å². The molecule has 2 N–H and O–H groups in total. The zero-order valence-electron chi connectivity index (χ0n) is 34.9. The number of carboxylic acid groups (broad SMARTS) is 2. The molecule has 0 amide bonds. The van der Waals surface area contributed by atoms with Crippen molar-refractivity contribution in [1.29, 1.82) is 0 Å². The van der Waals surface area contributed by atoms with Crippen LogP contribution in [0.5, 0.6) is 0 Å². The second-order valence-electron chi connectivity index (χ2n) is 15.3. The average Bonchev–Trinajstić information content (AvgIpc) is 3.12. The van der Waals surface area contributed by atoms with Crippen LogP contribution >= 0.6 is 0 Å². The molecule has 0 saturated carbocycles. The summed E-state index contributed by atoms with van der Waals surface area (Å²) in [5.74, 6) is -0.995. The lowest BCUT2D eigenvalue weighted by molar-refractivity contribution is -0.153. The SMILES string of the molecule is CCCCC(CC)CC(CCCC(=O)O)(CC(CC)CCCC)C(=O)O.CCCCCCCCOC(=O)CCCCC(=O)OCCCCCCCC. The highest BCUT2D eigenvalue weighted by atomic mass is 16.5. The van der Waals surface area contributed by atoms with Crippen LogP contribution in [0.15, 0.2) is 0 Å². The first kappa shape index (κ1) is 52.0. The number of hydrogen-bond donors (Lipinski definition) is 2. The van der Waals surface area contributed by atoms with Crippen LogP contribution in [0, 0.1) is 17.3 Å². The number of aliphatic carboxylic acids is 2. The molecule has 0 aromatic carbocycles. The summed E-state index contributed by atoms with van der Waals surface area (Å²) in [6.07, 6.45) is 27.6. The van der Waals surface area contributed by atoms with Crippen LogP contribution in [0.3, 0.4) is 0 Å². The van der Waals surface area contributed by atoms with E-state index in [4.69, 9.17) is 14.6 Å². The summed E-state index contributed by atoms with van der Waals surface area (Å²) in [5, 5.41) is 19.2. The van der Waals surface area contributed by atoms with Gasteiger partial charge in [-0.3, -0.25) is 19.2 Å². The summed E-state index contributed by atoms with van der Waals surface area (Å²) in [6, 6.07) is 0. The molecule has 0 rings (SSSR count). The van der Waals surface area contributed by atoms with Crippen molar-refractivity contribution in [3.8, 4) is 0 Å². The molecule has 52 heavy (non-hydrogen) atoms. The molecule has 2 atom stereocenters. The average molecular weight is 741 g/mol. The molecule has 8 nitrogen and oxygen atoms in total. The minimum Gasteiger partial charge on any atom is -0.481 e. The lowest BCUT2D eigenvalue weighted by atomic mass is 9.68. The number of carbonyl (C=O) groups excluding carboxylic acids is 2. The number of hydrogen-bond acceptors (Lipinski definition) is 6. The Labute approximate surface area is 320 Å². The Balaban J connectivity index is 0.